The summed E-state index contributed by atoms with van der Waals surface area (Å²) in [5.41, 5.74) is 3.50. The molecule has 0 saturated carbocycles. The van der Waals surface area contributed by atoms with Crippen LogP contribution in [0.3, 0.4) is 0 Å². The van der Waals surface area contributed by atoms with Gasteiger partial charge >= 0.3 is 0 Å². The number of benzene rings is 3. The van der Waals surface area contributed by atoms with Gasteiger partial charge in [0.1, 0.15) is 0 Å². The molecule has 4 heteroatoms. The fourth-order valence-corrected chi connectivity index (χ4v) is 4.99. The summed E-state index contributed by atoms with van der Waals surface area (Å²) in [5, 5.41) is 2.08. The van der Waals surface area contributed by atoms with Crippen LogP contribution in [0.2, 0.25) is 0 Å². The number of nitrogens with zero attached hydrogens (tertiary/aromatic N) is 2. The van der Waals surface area contributed by atoms with Gasteiger partial charge < -0.3 is 4.90 Å². The molecule has 2 aliphatic heterocycles. The fourth-order valence-electron chi connectivity index (χ4n) is 4.99. The lowest BCUT2D eigenvalue weighted by Gasteiger charge is -2.33. The molecule has 2 fully saturated rings. The maximum absolute atomic E-state index is 13.4. The molecule has 5 rings (SSSR count). The molecule has 2 unspecified atom stereocenters. The predicted molar refractivity (Wildman–Crippen MR) is 126 cm³/mol. The number of likely N-dealkylation sites (tertiary alicyclic amines) is 1. The smallest absolute Gasteiger partial charge is 0.253 e. The van der Waals surface area contributed by atoms with E-state index >= 15 is 0 Å². The van der Waals surface area contributed by atoms with Crippen LogP contribution < -0.4 is 0 Å². The molecule has 0 radical (unpaired) electrons. The third-order valence-electron chi connectivity index (χ3n) is 6.61. The second kappa shape index (κ2) is 9.68. The van der Waals surface area contributed by atoms with Crippen LogP contribution >= 0.6 is 0 Å². The van der Waals surface area contributed by atoms with Gasteiger partial charge in [-0.1, -0.05) is 91.0 Å². The highest BCUT2D eigenvalue weighted by Crippen LogP contribution is 2.43. The van der Waals surface area contributed by atoms with E-state index in [0.717, 1.165) is 37.1 Å². The van der Waals surface area contributed by atoms with Gasteiger partial charge in [-0.25, -0.2) is 0 Å². The highest BCUT2D eigenvalue weighted by Gasteiger charge is 2.44. The molecule has 3 aromatic carbocycles. The van der Waals surface area contributed by atoms with Crippen molar-refractivity contribution in [2.75, 3.05) is 13.1 Å². The molecule has 164 valence electrons. The molecule has 32 heavy (non-hydrogen) atoms. The van der Waals surface area contributed by atoms with Crippen LogP contribution in [-0.2, 0) is 9.63 Å². The van der Waals surface area contributed by atoms with Crippen molar-refractivity contribution in [2.45, 2.75) is 43.9 Å². The summed E-state index contributed by atoms with van der Waals surface area (Å²) in [6.07, 6.45) is 3.59. The Kier molecular flexibility index (Phi) is 6.33. The SMILES string of the molecule is O=C(C1CC(c2ccccc2)N(C(c2ccccc2)c2ccccc2)O1)N1CCCCC1. The summed E-state index contributed by atoms with van der Waals surface area (Å²) in [7, 11) is 0. The van der Waals surface area contributed by atoms with Crippen molar-refractivity contribution in [1.82, 2.24) is 9.96 Å². The van der Waals surface area contributed by atoms with Gasteiger partial charge in [0.25, 0.3) is 5.91 Å². The molecule has 3 aromatic rings. The van der Waals surface area contributed by atoms with Crippen LogP contribution in [0, 0.1) is 0 Å². The van der Waals surface area contributed by atoms with Gasteiger partial charge in [0.05, 0.1) is 12.1 Å². The van der Waals surface area contributed by atoms with Crippen molar-refractivity contribution >= 4 is 5.91 Å². The first-order chi connectivity index (χ1) is 15.8. The molecule has 2 heterocycles. The topological polar surface area (TPSA) is 32.8 Å². The van der Waals surface area contributed by atoms with Crippen molar-refractivity contribution in [3.05, 3.63) is 108 Å². The summed E-state index contributed by atoms with van der Waals surface area (Å²) in [4.78, 5) is 21.9. The summed E-state index contributed by atoms with van der Waals surface area (Å²) >= 11 is 0. The Morgan fingerprint density at radius 2 is 1.28 bits per heavy atom. The van der Waals surface area contributed by atoms with Gasteiger partial charge in [0.2, 0.25) is 0 Å². The van der Waals surface area contributed by atoms with E-state index in [-0.39, 0.29) is 18.0 Å². The lowest BCUT2D eigenvalue weighted by molar-refractivity contribution is -0.194. The zero-order valence-corrected chi connectivity index (χ0v) is 18.3. The largest absolute Gasteiger partial charge is 0.340 e. The molecule has 0 bridgehead atoms. The highest BCUT2D eigenvalue weighted by atomic mass is 16.7. The molecule has 0 aliphatic carbocycles. The van der Waals surface area contributed by atoms with Crippen LogP contribution in [0.4, 0.5) is 0 Å². The second-order valence-corrected chi connectivity index (χ2v) is 8.73. The lowest BCUT2D eigenvalue weighted by atomic mass is 9.94. The minimum atomic E-state index is -0.451. The van der Waals surface area contributed by atoms with E-state index in [1.807, 2.05) is 23.1 Å². The minimum Gasteiger partial charge on any atom is -0.340 e. The van der Waals surface area contributed by atoms with Crippen molar-refractivity contribution in [2.24, 2.45) is 0 Å². The molecule has 2 aliphatic rings. The zero-order chi connectivity index (χ0) is 21.8. The van der Waals surface area contributed by atoms with E-state index in [1.54, 1.807) is 0 Å². The summed E-state index contributed by atoms with van der Waals surface area (Å²) in [6, 6.07) is 31.2. The predicted octanol–water partition coefficient (Wildman–Crippen LogP) is 5.54. The number of piperidine rings is 1. The Balaban J connectivity index is 1.52. The number of hydrogen-bond donors (Lipinski definition) is 0. The number of carbonyl (C=O) groups is 1. The zero-order valence-electron chi connectivity index (χ0n) is 18.3. The summed E-state index contributed by atoms with van der Waals surface area (Å²) in [5.74, 6) is 0.132. The number of hydroxylamine groups is 2. The average Bonchev–Trinajstić information content (AvgIpc) is 3.31. The number of rotatable bonds is 5. The number of hydrogen-bond acceptors (Lipinski definition) is 3. The van der Waals surface area contributed by atoms with Crippen LogP contribution in [0.15, 0.2) is 91.0 Å². The Labute approximate surface area is 190 Å². The Hall–Kier alpha value is -2.95. The quantitative estimate of drug-likeness (QED) is 0.537. The van der Waals surface area contributed by atoms with E-state index in [4.69, 9.17) is 4.84 Å². The molecule has 0 N–H and O–H groups in total. The van der Waals surface area contributed by atoms with E-state index in [1.165, 1.54) is 12.0 Å². The highest BCUT2D eigenvalue weighted by molar-refractivity contribution is 5.81. The van der Waals surface area contributed by atoms with Gasteiger partial charge in [-0.2, -0.15) is 5.06 Å². The molecule has 2 atom stereocenters. The van der Waals surface area contributed by atoms with Crippen molar-refractivity contribution in [3.63, 3.8) is 0 Å². The van der Waals surface area contributed by atoms with Gasteiger partial charge in [0, 0.05) is 19.5 Å². The second-order valence-electron chi connectivity index (χ2n) is 8.73. The third-order valence-corrected chi connectivity index (χ3v) is 6.61. The van der Waals surface area contributed by atoms with Gasteiger partial charge in [0.15, 0.2) is 6.10 Å². The Morgan fingerprint density at radius 1 is 0.750 bits per heavy atom. The van der Waals surface area contributed by atoms with Crippen LogP contribution in [0.5, 0.6) is 0 Å². The van der Waals surface area contributed by atoms with Crippen molar-refractivity contribution < 1.29 is 9.63 Å². The third kappa shape index (κ3) is 4.34. The van der Waals surface area contributed by atoms with E-state index in [2.05, 4.69) is 77.9 Å². The summed E-state index contributed by atoms with van der Waals surface area (Å²) in [6.45, 7) is 1.69. The van der Waals surface area contributed by atoms with Crippen molar-refractivity contribution in [3.8, 4) is 0 Å². The molecule has 0 aromatic heterocycles. The summed E-state index contributed by atoms with van der Waals surface area (Å²) < 4.78 is 0. The lowest BCUT2D eigenvalue weighted by Crippen LogP contribution is -2.42. The number of amides is 1. The molecule has 0 spiro atoms. The van der Waals surface area contributed by atoms with Gasteiger partial charge in [-0.15, -0.1) is 0 Å². The van der Waals surface area contributed by atoms with Gasteiger partial charge in [-0.3, -0.25) is 9.63 Å². The normalized spacial score (nSPS) is 21.7. The first kappa shape index (κ1) is 20.9. The van der Waals surface area contributed by atoms with E-state index in [9.17, 15) is 4.79 Å². The maximum Gasteiger partial charge on any atom is 0.253 e. The van der Waals surface area contributed by atoms with Crippen LogP contribution in [-0.4, -0.2) is 35.1 Å². The molecular weight excluding hydrogens is 396 g/mol. The van der Waals surface area contributed by atoms with Crippen molar-refractivity contribution in [1.29, 1.82) is 0 Å². The maximum atomic E-state index is 13.4. The fraction of sp³-hybridized carbons (Fsp3) is 0.321. The van der Waals surface area contributed by atoms with E-state index in [0.29, 0.717) is 6.42 Å². The molecule has 2 saturated heterocycles. The number of carbonyl (C=O) groups excluding carboxylic acids is 1. The first-order valence-corrected chi connectivity index (χ1v) is 11.7. The first-order valence-electron chi connectivity index (χ1n) is 11.7. The van der Waals surface area contributed by atoms with Crippen LogP contribution in [0.1, 0.15) is 54.5 Å². The minimum absolute atomic E-state index is 0.000327. The monoisotopic (exact) mass is 426 g/mol. The molecule has 1 amide bonds. The molecular formula is C28H30N2O2. The van der Waals surface area contributed by atoms with Gasteiger partial charge in [-0.05, 0) is 36.0 Å². The standard InChI is InChI=1S/C28H30N2O2/c31-28(29-19-11-4-12-20-29)26-21-25(22-13-5-1-6-14-22)30(32-26)27(23-15-7-2-8-16-23)24-17-9-3-10-18-24/h1-3,5-10,13-18,25-27H,4,11-12,19-21H2. The van der Waals surface area contributed by atoms with Crippen LogP contribution in [0.25, 0.3) is 0 Å². The molecule has 4 nitrogen and oxygen atoms in total. The Morgan fingerprint density at radius 3 is 1.84 bits per heavy atom. The van der Waals surface area contributed by atoms with E-state index < -0.39 is 6.10 Å². The Bertz CT molecular complexity index is 964. The average molecular weight is 427 g/mol.